The number of aryl methyl sites for hydroxylation is 1. The predicted molar refractivity (Wildman–Crippen MR) is 112 cm³/mol. The molecule has 2 N–H and O–H groups in total. The van der Waals surface area contributed by atoms with Crippen molar-refractivity contribution in [3.05, 3.63) is 35.9 Å². The van der Waals surface area contributed by atoms with Gasteiger partial charge in [0.15, 0.2) is 5.96 Å². The van der Waals surface area contributed by atoms with Gasteiger partial charge in [0.1, 0.15) is 0 Å². The number of rotatable bonds is 8. The average molecular weight is 435 g/mol. The number of thioether (sulfide) groups is 1. The first-order chi connectivity index (χ1) is 10.1. The normalized spacial score (nSPS) is 11.7. The molecule has 5 heteroatoms. The van der Waals surface area contributed by atoms with Gasteiger partial charge in [-0.05, 0) is 45.4 Å². The lowest BCUT2D eigenvalue weighted by molar-refractivity contribution is 0.702. The van der Waals surface area contributed by atoms with Crippen molar-refractivity contribution in [1.29, 1.82) is 0 Å². The van der Waals surface area contributed by atoms with Gasteiger partial charge in [-0.15, -0.1) is 24.0 Å². The molecule has 0 saturated carbocycles. The molecule has 0 heterocycles. The quantitative estimate of drug-likeness (QED) is 0.281. The molecular formula is C17H30IN3S. The molecule has 0 unspecified atom stereocenters. The average Bonchev–Trinajstić information content (AvgIpc) is 2.50. The highest BCUT2D eigenvalue weighted by molar-refractivity contribution is 14.0. The van der Waals surface area contributed by atoms with E-state index in [2.05, 4.69) is 73.0 Å². The molecule has 0 aliphatic heterocycles. The summed E-state index contributed by atoms with van der Waals surface area (Å²) < 4.78 is 0.187. The number of hydrogen-bond acceptors (Lipinski definition) is 2. The summed E-state index contributed by atoms with van der Waals surface area (Å²) in [7, 11) is 0. The fourth-order valence-corrected chi connectivity index (χ4v) is 2.01. The van der Waals surface area contributed by atoms with Crippen LogP contribution in [0.4, 0.5) is 0 Å². The minimum atomic E-state index is 0. The van der Waals surface area contributed by atoms with Crippen molar-refractivity contribution in [2.75, 3.05) is 25.9 Å². The fraction of sp³-hybridized carbons (Fsp3) is 0.588. The molecule has 1 aromatic carbocycles. The lowest BCUT2D eigenvalue weighted by Crippen LogP contribution is -2.39. The highest BCUT2D eigenvalue weighted by Gasteiger charge is 2.15. The van der Waals surface area contributed by atoms with Gasteiger partial charge in [-0.2, -0.15) is 11.8 Å². The van der Waals surface area contributed by atoms with E-state index in [1.165, 1.54) is 5.56 Å². The van der Waals surface area contributed by atoms with Crippen molar-refractivity contribution >= 4 is 41.7 Å². The zero-order chi connectivity index (χ0) is 15.6. The van der Waals surface area contributed by atoms with Crippen LogP contribution in [0.1, 0.15) is 32.8 Å². The Morgan fingerprint density at radius 3 is 2.45 bits per heavy atom. The Labute approximate surface area is 157 Å². The first-order valence-corrected chi connectivity index (χ1v) is 8.91. The van der Waals surface area contributed by atoms with E-state index >= 15 is 0 Å². The summed E-state index contributed by atoms with van der Waals surface area (Å²) in [5.74, 6) is 0.924. The molecule has 126 valence electrons. The molecule has 0 aromatic heterocycles. The fourth-order valence-electron chi connectivity index (χ4n) is 1.82. The summed E-state index contributed by atoms with van der Waals surface area (Å²) in [5, 5.41) is 6.72. The molecule has 3 nitrogen and oxygen atoms in total. The van der Waals surface area contributed by atoms with Crippen LogP contribution >= 0.6 is 35.7 Å². The molecule has 0 radical (unpaired) electrons. The predicted octanol–water partition coefficient (Wildman–Crippen LogP) is 3.93. The summed E-state index contributed by atoms with van der Waals surface area (Å²) in [6.07, 6.45) is 4.35. The molecule has 0 aliphatic carbocycles. The Kier molecular flexibility index (Phi) is 11.8. The lowest BCUT2D eigenvalue weighted by Gasteiger charge is -2.20. The molecular weight excluding hydrogens is 405 g/mol. The zero-order valence-electron chi connectivity index (χ0n) is 14.2. The SMILES string of the molecule is CCNC(=NCC(C)(C)SC)NCCCc1ccccc1.I. The third-order valence-electron chi connectivity index (χ3n) is 3.29. The van der Waals surface area contributed by atoms with Crippen molar-refractivity contribution in [1.82, 2.24) is 10.6 Å². The van der Waals surface area contributed by atoms with Crippen LogP contribution in [0.5, 0.6) is 0 Å². The maximum Gasteiger partial charge on any atom is 0.191 e. The molecule has 22 heavy (non-hydrogen) atoms. The second kappa shape index (κ2) is 12.0. The Bertz CT molecular complexity index is 421. The van der Waals surface area contributed by atoms with Gasteiger partial charge in [-0.25, -0.2) is 0 Å². The zero-order valence-corrected chi connectivity index (χ0v) is 17.3. The molecule has 1 aromatic rings. The Hall–Kier alpha value is -0.430. The van der Waals surface area contributed by atoms with Crippen LogP contribution in [-0.2, 0) is 6.42 Å². The minimum absolute atomic E-state index is 0. The third-order valence-corrected chi connectivity index (χ3v) is 4.53. The van der Waals surface area contributed by atoms with Crippen LogP contribution in [0.2, 0.25) is 0 Å². The van der Waals surface area contributed by atoms with Crippen molar-refractivity contribution in [3.63, 3.8) is 0 Å². The molecule has 0 spiro atoms. The second-order valence-corrected chi connectivity index (χ2v) is 7.19. The summed E-state index contributed by atoms with van der Waals surface area (Å²) >= 11 is 1.85. The second-order valence-electron chi connectivity index (χ2n) is 5.67. The number of nitrogens with one attached hydrogen (secondary N) is 2. The highest BCUT2D eigenvalue weighted by atomic mass is 127. The first-order valence-electron chi connectivity index (χ1n) is 7.68. The van der Waals surface area contributed by atoms with Gasteiger partial charge in [-0.1, -0.05) is 30.3 Å². The van der Waals surface area contributed by atoms with Crippen molar-refractivity contribution in [3.8, 4) is 0 Å². The van der Waals surface area contributed by atoms with Crippen molar-refractivity contribution in [2.24, 2.45) is 4.99 Å². The van der Waals surface area contributed by atoms with Crippen LogP contribution in [0.15, 0.2) is 35.3 Å². The standard InChI is InChI=1S/C17H29N3S.HI/c1-5-18-16(20-14-17(2,3)21-4)19-13-9-12-15-10-7-6-8-11-15;/h6-8,10-11H,5,9,12-14H2,1-4H3,(H2,18,19,20);1H. The third kappa shape index (κ3) is 9.56. The minimum Gasteiger partial charge on any atom is -0.357 e. The van der Waals surface area contributed by atoms with Crippen LogP contribution in [0.25, 0.3) is 0 Å². The Balaban J connectivity index is 0.00000441. The smallest absolute Gasteiger partial charge is 0.191 e. The van der Waals surface area contributed by atoms with Crippen LogP contribution < -0.4 is 10.6 Å². The van der Waals surface area contributed by atoms with Gasteiger partial charge >= 0.3 is 0 Å². The van der Waals surface area contributed by atoms with Gasteiger partial charge in [0.05, 0.1) is 6.54 Å². The maximum absolute atomic E-state index is 4.67. The van der Waals surface area contributed by atoms with E-state index in [9.17, 15) is 0 Å². The highest BCUT2D eigenvalue weighted by Crippen LogP contribution is 2.20. The van der Waals surface area contributed by atoms with E-state index in [0.29, 0.717) is 0 Å². The van der Waals surface area contributed by atoms with Gasteiger partial charge in [0, 0.05) is 17.8 Å². The van der Waals surface area contributed by atoms with Gasteiger partial charge in [0.25, 0.3) is 0 Å². The number of hydrogen-bond donors (Lipinski definition) is 2. The maximum atomic E-state index is 4.67. The lowest BCUT2D eigenvalue weighted by atomic mass is 10.1. The number of benzene rings is 1. The van der Waals surface area contributed by atoms with Gasteiger partial charge in [0.2, 0.25) is 0 Å². The van der Waals surface area contributed by atoms with Crippen LogP contribution in [0.3, 0.4) is 0 Å². The van der Waals surface area contributed by atoms with E-state index in [0.717, 1.165) is 38.4 Å². The molecule has 1 rings (SSSR count). The van der Waals surface area contributed by atoms with E-state index in [4.69, 9.17) is 0 Å². The monoisotopic (exact) mass is 435 g/mol. The molecule has 0 saturated heterocycles. The largest absolute Gasteiger partial charge is 0.357 e. The molecule has 0 amide bonds. The van der Waals surface area contributed by atoms with E-state index in [1.807, 2.05) is 11.8 Å². The first kappa shape index (κ1) is 21.6. The van der Waals surface area contributed by atoms with Crippen LogP contribution in [0, 0.1) is 0 Å². The molecule has 0 atom stereocenters. The Morgan fingerprint density at radius 2 is 1.86 bits per heavy atom. The Morgan fingerprint density at radius 1 is 1.18 bits per heavy atom. The van der Waals surface area contributed by atoms with Crippen LogP contribution in [-0.4, -0.2) is 36.6 Å². The number of nitrogens with zero attached hydrogens (tertiary/aromatic N) is 1. The van der Waals surface area contributed by atoms with Crippen molar-refractivity contribution in [2.45, 2.75) is 38.4 Å². The summed E-state index contributed by atoms with van der Waals surface area (Å²) in [5.41, 5.74) is 1.39. The summed E-state index contributed by atoms with van der Waals surface area (Å²) in [4.78, 5) is 4.67. The van der Waals surface area contributed by atoms with E-state index in [1.54, 1.807) is 0 Å². The molecule has 0 bridgehead atoms. The molecule has 0 fully saturated rings. The number of guanidine groups is 1. The topological polar surface area (TPSA) is 36.4 Å². The summed E-state index contributed by atoms with van der Waals surface area (Å²) in [6.45, 7) is 9.20. The van der Waals surface area contributed by atoms with Crippen molar-refractivity contribution < 1.29 is 0 Å². The van der Waals surface area contributed by atoms with Gasteiger partial charge in [-0.3, -0.25) is 4.99 Å². The van der Waals surface area contributed by atoms with E-state index in [-0.39, 0.29) is 28.7 Å². The summed E-state index contributed by atoms with van der Waals surface area (Å²) in [6, 6.07) is 10.6. The number of halogens is 1. The molecule has 0 aliphatic rings. The number of aliphatic imine (C=N–C) groups is 1. The van der Waals surface area contributed by atoms with Gasteiger partial charge < -0.3 is 10.6 Å². The van der Waals surface area contributed by atoms with E-state index < -0.39 is 0 Å².